The average Bonchev–Trinajstić information content (AvgIpc) is 3.16. The predicted octanol–water partition coefficient (Wildman–Crippen LogP) is 3.07. The number of carbonyl (C=O) groups is 1. The molecule has 1 amide bonds. The van der Waals surface area contributed by atoms with Crippen LogP contribution in [-0.2, 0) is 4.79 Å². The molecule has 0 fully saturated rings. The Balaban J connectivity index is 1.83. The van der Waals surface area contributed by atoms with Gasteiger partial charge in [0.25, 0.3) is 0 Å². The molecule has 2 aromatic heterocycles. The minimum atomic E-state index is -0.575. The minimum Gasteiger partial charge on any atom is -0.496 e. The molecule has 5 N–H and O–H groups in total. The molecular formula is C21H26ClN5O3. The number of amides is 1. The largest absolute Gasteiger partial charge is 0.496 e. The summed E-state index contributed by atoms with van der Waals surface area (Å²) in [7, 11) is 3.12. The highest BCUT2D eigenvalue weighted by Crippen LogP contribution is 2.38. The second-order valence-corrected chi connectivity index (χ2v) is 7.28. The number of pyridine rings is 1. The van der Waals surface area contributed by atoms with Gasteiger partial charge in [-0.2, -0.15) is 0 Å². The minimum absolute atomic E-state index is 0.230. The number of fused-ring (bicyclic) bond motifs is 1. The standard InChI is InChI=1S/C21H26ClN5O3/c1-29-18-11-19(30-2)15(22)10-14(18)17-12-27-8-6-13(9-20(27)26-17)25-21(28)16(24)5-3-4-7-23/h6,8-12,16H,3-5,7,23-24H2,1-2H3,(H,25,28). The molecule has 0 bridgehead atoms. The average molecular weight is 432 g/mol. The topological polar surface area (TPSA) is 117 Å². The van der Waals surface area contributed by atoms with Gasteiger partial charge in [-0.1, -0.05) is 18.0 Å². The van der Waals surface area contributed by atoms with Crippen LogP contribution in [0.5, 0.6) is 11.5 Å². The first-order chi connectivity index (χ1) is 14.5. The van der Waals surface area contributed by atoms with Crippen molar-refractivity contribution in [2.24, 2.45) is 11.5 Å². The predicted molar refractivity (Wildman–Crippen MR) is 118 cm³/mol. The molecule has 1 atom stereocenters. The summed E-state index contributed by atoms with van der Waals surface area (Å²) in [6.45, 7) is 0.595. The Bertz CT molecular complexity index is 1040. The number of imidazole rings is 1. The molecule has 0 saturated heterocycles. The van der Waals surface area contributed by atoms with E-state index in [-0.39, 0.29) is 5.91 Å². The molecule has 0 radical (unpaired) electrons. The van der Waals surface area contributed by atoms with Gasteiger partial charge in [0.2, 0.25) is 5.91 Å². The highest BCUT2D eigenvalue weighted by Gasteiger charge is 2.16. The first-order valence-electron chi connectivity index (χ1n) is 9.64. The van der Waals surface area contributed by atoms with Crippen LogP contribution in [0.2, 0.25) is 5.02 Å². The zero-order chi connectivity index (χ0) is 21.7. The number of hydrogen-bond donors (Lipinski definition) is 3. The fourth-order valence-corrected chi connectivity index (χ4v) is 3.37. The van der Waals surface area contributed by atoms with E-state index in [4.69, 9.17) is 32.5 Å². The molecule has 1 unspecified atom stereocenters. The van der Waals surface area contributed by atoms with Crippen LogP contribution < -0.4 is 26.3 Å². The maximum Gasteiger partial charge on any atom is 0.241 e. The number of anilines is 1. The number of methoxy groups -OCH3 is 2. The Morgan fingerprint density at radius 1 is 1.23 bits per heavy atom. The number of carbonyl (C=O) groups excluding carboxylic acids is 1. The Morgan fingerprint density at radius 2 is 2.00 bits per heavy atom. The molecule has 0 saturated carbocycles. The summed E-state index contributed by atoms with van der Waals surface area (Å²) in [5.41, 5.74) is 14.1. The van der Waals surface area contributed by atoms with Crippen molar-refractivity contribution >= 4 is 28.8 Å². The van der Waals surface area contributed by atoms with Crippen molar-refractivity contribution in [1.29, 1.82) is 0 Å². The van der Waals surface area contributed by atoms with E-state index in [0.717, 1.165) is 18.4 Å². The van der Waals surface area contributed by atoms with Crippen molar-refractivity contribution in [2.45, 2.75) is 25.3 Å². The van der Waals surface area contributed by atoms with Crippen LogP contribution in [0.15, 0.2) is 36.7 Å². The third-order valence-electron chi connectivity index (χ3n) is 4.78. The smallest absolute Gasteiger partial charge is 0.241 e. The van der Waals surface area contributed by atoms with Crippen LogP contribution in [0.25, 0.3) is 16.9 Å². The molecule has 0 aliphatic rings. The molecule has 1 aromatic carbocycles. The van der Waals surface area contributed by atoms with Crippen LogP contribution in [0.4, 0.5) is 5.69 Å². The number of benzene rings is 1. The summed E-state index contributed by atoms with van der Waals surface area (Å²) in [5, 5.41) is 3.31. The second-order valence-electron chi connectivity index (χ2n) is 6.87. The van der Waals surface area contributed by atoms with Crippen molar-refractivity contribution in [3.8, 4) is 22.8 Å². The van der Waals surface area contributed by atoms with Crippen LogP contribution in [-0.4, -0.2) is 42.1 Å². The monoisotopic (exact) mass is 431 g/mol. The van der Waals surface area contributed by atoms with Gasteiger partial charge in [-0.15, -0.1) is 0 Å². The maximum atomic E-state index is 12.3. The normalized spacial score (nSPS) is 12.0. The van der Waals surface area contributed by atoms with E-state index in [1.165, 1.54) is 0 Å². The third-order valence-corrected chi connectivity index (χ3v) is 5.08. The number of halogens is 1. The van der Waals surface area contributed by atoms with E-state index >= 15 is 0 Å². The second kappa shape index (κ2) is 9.80. The van der Waals surface area contributed by atoms with E-state index in [9.17, 15) is 4.79 Å². The molecule has 0 aliphatic carbocycles. The maximum absolute atomic E-state index is 12.3. The van der Waals surface area contributed by atoms with Gasteiger partial charge >= 0.3 is 0 Å². The summed E-state index contributed by atoms with van der Waals surface area (Å²) < 4.78 is 12.6. The SMILES string of the molecule is COc1cc(OC)c(-c2cn3ccc(NC(=O)C(N)CCCCN)cc3n2)cc1Cl. The van der Waals surface area contributed by atoms with E-state index in [2.05, 4.69) is 10.3 Å². The lowest BCUT2D eigenvalue weighted by Gasteiger charge is -2.12. The number of ether oxygens (including phenoxy) is 2. The fraction of sp³-hybridized carbons (Fsp3) is 0.333. The Labute approximate surface area is 180 Å². The summed E-state index contributed by atoms with van der Waals surface area (Å²) in [4.78, 5) is 17.0. The van der Waals surface area contributed by atoms with Gasteiger partial charge in [0.1, 0.15) is 17.1 Å². The molecule has 9 heteroatoms. The van der Waals surface area contributed by atoms with Crippen LogP contribution in [0.1, 0.15) is 19.3 Å². The Hall–Kier alpha value is -2.81. The zero-order valence-corrected chi connectivity index (χ0v) is 17.8. The van der Waals surface area contributed by atoms with Crippen molar-refractivity contribution < 1.29 is 14.3 Å². The van der Waals surface area contributed by atoms with Gasteiger partial charge in [-0.05, 0) is 31.5 Å². The molecule has 3 rings (SSSR count). The summed E-state index contributed by atoms with van der Waals surface area (Å²) in [5.74, 6) is 0.886. The molecule has 0 aliphatic heterocycles. The number of aromatic nitrogens is 2. The Morgan fingerprint density at radius 3 is 2.70 bits per heavy atom. The van der Waals surface area contributed by atoms with Gasteiger partial charge in [-0.3, -0.25) is 4.79 Å². The molecule has 8 nitrogen and oxygen atoms in total. The van der Waals surface area contributed by atoms with E-state index in [1.807, 2.05) is 16.8 Å². The number of rotatable bonds is 9. The zero-order valence-electron chi connectivity index (χ0n) is 17.0. The number of nitrogens with zero attached hydrogens (tertiary/aromatic N) is 2. The quantitative estimate of drug-likeness (QED) is 0.448. The first-order valence-corrected chi connectivity index (χ1v) is 10.0. The molecule has 2 heterocycles. The van der Waals surface area contributed by atoms with E-state index in [1.54, 1.807) is 38.5 Å². The van der Waals surface area contributed by atoms with E-state index in [0.29, 0.717) is 46.5 Å². The van der Waals surface area contributed by atoms with Crippen molar-refractivity contribution in [3.05, 3.63) is 41.7 Å². The first kappa shape index (κ1) is 21.9. The molecule has 3 aromatic rings. The van der Waals surface area contributed by atoms with Crippen LogP contribution in [0, 0.1) is 0 Å². The summed E-state index contributed by atoms with van der Waals surface area (Å²) in [6, 6.07) is 6.48. The van der Waals surface area contributed by atoms with Gasteiger partial charge in [0, 0.05) is 35.8 Å². The number of nitrogens with one attached hydrogen (secondary N) is 1. The van der Waals surface area contributed by atoms with Crippen LogP contribution in [0.3, 0.4) is 0 Å². The number of unbranched alkanes of at least 4 members (excludes halogenated alkanes) is 1. The van der Waals surface area contributed by atoms with Gasteiger partial charge in [0.15, 0.2) is 0 Å². The van der Waals surface area contributed by atoms with Crippen LogP contribution >= 0.6 is 11.6 Å². The number of hydrogen-bond acceptors (Lipinski definition) is 6. The lowest BCUT2D eigenvalue weighted by atomic mass is 10.1. The van der Waals surface area contributed by atoms with Gasteiger partial charge < -0.3 is 30.7 Å². The van der Waals surface area contributed by atoms with Crippen molar-refractivity contribution in [3.63, 3.8) is 0 Å². The molecule has 0 spiro atoms. The highest BCUT2D eigenvalue weighted by molar-refractivity contribution is 6.32. The molecular weight excluding hydrogens is 406 g/mol. The third kappa shape index (κ3) is 4.84. The van der Waals surface area contributed by atoms with Crippen molar-refractivity contribution in [1.82, 2.24) is 9.38 Å². The van der Waals surface area contributed by atoms with Gasteiger partial charge in [0.05, 0.1) is 31.0 Å². The summed E-state index contributed by atoms with van der Waals surface area (Å²) >= 11 is 6.28. The molecule has 160 valence electrons. The molecule has 30 heavy (non-hydrogen) atoms. The fourth-order valence-electron chi connectivity index (χ4n) is 3.12. The van der Waals surface area contributed by atoms with Crippen molar-refractivity contribution in [2.75, 3.05) is 26.1 Å². The summed E-state index contributed by atoms with van der Waals surface area (Å²) in [6.07, 6.45) is 5.94. The lowest BCUT2D eigenvalue weighted by Crippen LogP contribution is -2.35. The van der Waals surface area contributed by atoms with Gasteiger partial charge in [-0.25, -0.2) is 4.98 Å². The van der Waals surface area contributed by atoms with E-state index < -0.39 is 6.04 Å². The number of nitrogens with two attached hydrogens (primary N) is 2. The lowest BCUT2D eigenvalue weighted by molar-refractivity contribution is -0.117. The Kier molecular flexibility index (Phi) is 7.15. The highest BCUT2D eigenvalue weighted by atomic mass is 35.5.